The van der Waals surface area contributed by atoms with Gasteiger partial charge in [-0.25, -0.2) is 0 Å². The van der Waals surface area contributed by atoms with Gasteiger partial charge in [-0.15, -0.1) is 0 Å². The maximum atomic E-state index is 11.4. The minimum absolute atomic E-state index is 0.208. The van der Waals surface area contributed by atoms with Crippen molar-refractivity contribution in [2.45, 2.75) is 26.8 Å². The van der Waals surface area contributed by atoms with E-state index in [1.165, 1.54) is 4.90 Å². The number of aliphatic carboxylic acids is 1. The van der Waals surface area contributed by atoms with Gasteiger partial charge in [-0.2, -0.15) is 0 Å². The molecule has 82 valence electrons. The van der Waals surface area contributed by atoms with Crippen LogP contribution in [-0.2, 0) is 9.59 Å². The maximum Gasteiger partial charge on any atom is 0.308 e. The van der Waals surface area contributed by atoms with E-state index < -0.39 is 17.9 Å². The molecule has 0 aromatic rings. The summed E-state index contributed by atoms with van der Waals surface area (Å²) in [6, 6.07) is -0.573. The van der Waals surface area contributed by atoms with Crippen LogP contribution in [0.4, 0.5) is 0 Å². The first-order valence-electron chi connectivity index (χ1n) is 4.67. The van der Waals surface area contributed by atoms with Crippen molar-refractivity contribution in [3.63, 3.8) is 0 Å². The van der Waals surface area contributed by atoms with E-state index in [2.05, 4.69) is 0 Å². The molecule has 0 aromatic carbocycles. The zero-order chi connectivity index (χ0) is 11.3. The van der Waals surface area contributed by atoms with Crippen molar-refractivity contribution in [2.75, 3.05) is 13.1 Å². The molecule has 3 N–H and O–H groups in total. The molecule has 2 unspecified atom stereocenters. The van der Waals surface area contributed by atoms with E-state index in [4.69, 9.17) is 10.8 Å². The standard InChI is InChI=1S/C9H18N2O3/c1-4-11(8(12)7(3)10)5-6(2)9(13)14/h6-7H,4-5,10H2,1-3H3,(H,13,14). The molecular weight excluding hydrogens is 184 g/mol. The highest BCUT2D eigenvalue weighted by Gasteiger charge is 2.21. The van der Waals surface area contributed by atoms with E-state index in [9.17, 15) is 9.59 Å². The van der Waals surface area contributed by atoms with Crippen LogP contribution in [0.3, 0.4) is 0 Å². The Hall–Kier alpha value is -1.10. The minimum Gasteiger partial charge on any atom is -0.481 e. The molecule has 5 heteroatoms. The molecule has 0 aliphatic rings. The third kappa shape index (κ3) is 3.74. The topological polar surface area (TPSA) is 83.6 Å². The number of carboxylic acid groups (broad SMARTS) is 1. The summed E-state index contributed by atoms with van der Waals surface area (Å²) in [5, 5.41) is 8.68. The molecule has 5 nitrogen and oxygen atoms in total. The molecule has 2 atom stereocenters. The Labute approximate surface area is 83.9 Å². The summed E-state index contributed by atoms with van der Waals surface area (Å²) in [7, 11) is 0. The molecule has 14 heavy (non-hydrogen) atoms. The van der Waals surface area contributed by atoms with Crippen LogP contribution in [0.1, 0.15) is 20.8 Å². The lowest BCUT2D eigenvalue weighted by molar-refractivity contribution is -0.143. The van der Waals surface area contributed by atoms with E-state index in [0.717, 1.165) is 0 Å². The van der Waals surface area contributed by atoms with Gasteiger partial charge in [-0.3, -0.25) is 9.59 Å². The van der Waals surface area contributed by atoms with Crippen molar-refractivity contribution in [1.29, 1.82) is 0 Å². The zero-order valence-electron chi connectivity index (χ0n) is 8.86. The summed E-state index contributed by atoms with van der Waals surface area (Å²) in [5.41, 5.74) is 5.43. The monoisotopic (exact) mass is 202 g/mol. The molecule has 0 radical (unpaired) electrons. The molecule has 0 saturated heterocycles. The van der Waals surface area contributed by atoms with Crippen LogP contribution < -0.4 is 5.73 Å². The van der Waals surface area contributed by atoms with Gasteiger partial charge in [0.05, 0.1) is 12.0 Å². The number of rotatable bonds is 5. The molecule has 0 heterocycles. The second-order valence-corrected chi connectivity index (χ2v) is 3.40. The fourth-order valence-corrected chi connectivity index (χ4v) is 1.07. The number of nitrogens with zero attached hydrogens (tertiary/aromatic N) is 1. The van der Waals surface area contributed by atoms with Gasteiger partial charge in [-0.05, 0) is 13.8 Å². The SMILES string of the molecule is CCN(CC(C)C(=O)O)C(=O)C(C)N. The first-order chi connectivity index (χ1) is 6.40. The lowest BCUT2D eigenvalue weighted by Gasteiger charge is -2.24. The quantitative estimate of drug-likeness (QED) is 0.652. The zero-order valence-corrected chi connectivity index (χ0v) is 8.86. The summed E-state index contributed by atoms with van der Waals surface area (Å²) < 4.78 is 0. The van der Waals surface area contributed by atoms with Crippen LogP contribution >= 0.6 is 0 Å². The number of amides is 1. The third-order valence-electron chi connectivity index (χ3n) is 2.00. The number of likely N-dealkylation sites (N-methyl/N-ethyl adjacent to an activating group) is 1. The molecule has 0 bridgehead atoms. The number of carboxylic acids is 1. The van der Waals surface area contributed by atoms with Crippen LogP contribution in [-0.4, -0.2) is 41.0 Å². The Morgan fingerprint density at radius 3 is 2.21 bits per heavy atom. The normalized spacial score (nSPS) is 14.6. The van der Waals surface area contributed by atoms with Crippen molar-refractivity contribution in [3.05, 3.63) is 0 Å². The predicted octanol–water partition coefficient (Wildman–Crippen LogP) is -0.0972. The number of nitrogens with two attached hydrogens (primary N) is 1. The molecule has 0 saturated carbocycles. The second-order valence-electron chi connectivity index (χ2n) is 3.40. The van der Waals surface area contributed by atoms with Crippen molar-refractivity contribution in [3.8, 4) is 0 Å². The van der Waals surface area contributed by atoms with Crippen LogP contribution in [0, 0.1) is 5.92 Å². The molecule has 0 aliphatic carbocycles. The van der Waals surface area contributed by atoms with Crippen LogP contribution in [0.5, 0.6) is 0 Å². The summed E-state index contributed by atoms with van der Waals surface area (Å²) in [6.45, 7) is 5.66. The van der Waals surface area contributed by atoms with Gasteiger partial charge in [0, 0.05) is 13.1 Å². The van der Waals surface area contributed by atoms with E-state index in [1.807, 2.05) is 0 Å². The van der Waals surface area contributed by atoms with Crippen molar-refractivity contribution in [1.82, 2.24) is 4.90 Å². The summed E-state index contributed by atoms with van der Waals surface area (Å²) in [6.07, 6.45) is 0. The van der Waals surface area contributed by atoms with Crippen molar-refractivity contribution >= 4 is 11.9 Å². The largest absolute Gasteiger partial charge is 0.481 e. The van der Waals surface area contributed by atoms with E-state index in [1.54, 1.807) is 20.8 Å². The third-order valence-corrected chi connectivity index (χ3v) is 2.00. The smallest absolute Gasteiger partial charge is 0.308 e. The van der Waals surface area contributed by atoms with Crippen LogP contribution in [0.2, 0.25) is 0 Å². The fourth-order valence-electron chi connectivity index (χ4n) is 1.07. The Morgan fingerprint density at radius 2 is 1.93 bits per heavy atom. The Kier molecular flexibility index (Phi) is 5.15. The molecule has 0 spiro atoms. The lowest BCUT2D eigenvalue weighted by atomic mass is 10.1. The van der Waals surface area contributed by atoms with Crippen molar-refractivity contribution < 1.29 is 14.7 Å². The number of hydrogen-bond donors (Lipinski definition) is 2. The number of carbonyl (C=O) groups excluding carboxylic acids is 1. The highest BCUT2D eigenvalue weighted by atomic mass is 16.4. The summed E-state index contributed by atoms with van der Waals surface area (Å²) in [4.78, 5) is 23.5. The van der Waals surface area contributed by atoms with Gasteiger partial charge in [0.25, 0.3) is 0 Å². The molecule has 0 fully saturated rings. The highest BCUT2D eigenvalue weighted by molar-refractivity contribution is 5.81. The Morgan fingerprint density at radius 1 is 1.43 bits per heavy atom. The second kappa shape index (κ2) is 5.59. The Balaban J connectivity index is 4.29. The van der Waals surface area contributed by atoms with Gasteiger partial charge in [0.2, 0.25) is 5.91 Å². The van der Waals surface area contributed by atoms with E-state index in [-0.39, 0.29) is 12.5 Å². The van der Waals surface area contributed by atoms with Gasteiger partial charge in [0.1, 0.15) is 0 Å². The predicted molar refractivity (Wildman–Crippen MR) is 52.7 cm³/mol. The first kappa shape index (κ1) is 12.9. The molecule has 0 aliphatic heterocycles. The highest BCUT2D eigenvalue weighted by Crippen LogP contribution is 2.01. The fraction of sp³-hybridized carbons (Fsp3) is 0.778. The van der Waals surface area contributed by atoms with Crippen molar-refractivity contribution in [2.24, 2.45) is 11.7 Å². The van der Waals surface area contributed by atoms with Crippen LogP contribution in [0.15, 0.2) is 0 Å². The summed E-state index contributed by atoms with van der Waals surface area (Å²) >= 11 is 0. The lowest BCUT2D eigenvalue weighted by Crippen LogP contribution is -2.44. The summed E-state index contributed by atoms with van der Waals surface area (Å²) in [5.74, 6) is -1.67. The average molecular weight is 202 g/mol. The van der Waals surface area contributed by atoms with Gasteiger partial charge in [0.15, 0.2) is 0 Å². The van der Waals surface area contributed by atoms with Gasteiger partial charge >= 0.3 is 5.97 Å². The average Bonchev–Trinajstić information content (AvgIpc) is 2.12. The van der Waals surface area contributed by atoms with E-state index in [0.29, 0.717) is 6.54 Å². The van der Waals surface area contributed by atoms with Crippen LogP contribution in [0.25, 0.3) is 0 Å². The van der Waals surface area contributed by atoms with Gasteiger partial charge < -0.3 is 15.7 Å². The van der Waals surface area contributed by atoms with Gasteiger partial charge in [-0.1, -0.05) is 6.92 Å². The molecule has 0 aromatic heterocycles. The molecule has 0 rings (SSSR count). The van der Waals surface area contributed by atoms with E-state index >= 15 is 0 Å². The number of hydrogen-bond acceptors (Lipinski definition) is 3. The molecular formula is C9H18N2O3. The number of carbonyl (C=O) groups is 2. The first-order valence-corrected chi connectivity index (χ1v) is 4.67. The Bertz CT molecular complexity index is 216. The maximum absolute atomic E-state index is 11.4. The minimum atomic E-state index is -0.902. The molecule has 1 amide bonds.